The minimum Gasteiger partial charge on any atom is -0.477 e. The zero-order valence-corrected chi connectivity index (χ0v) is 19.1. The highest BCUT2D eigenvalue weighted by molar-refractivity contribution is 6.09. The van der Waals surface area contributed by atoms with E-state index in [9.17, 15) is 9.90 Å². The number of carbonyl (C=O) groups is 1. The zero-order valence-electron chi connectivity index (χ0n) is 19.1. The Kier molecular flexibility index (Phi) is 6.20. The second-order valence-corrected chi connectivity index (χ2v) is 9.40. The van der Waals surface area contributed by atoms with Gasteiger partial charge in [-0.05, 0) is 61.3 Å². The number of hydrogen-bond donors (Lipinski definition) is 3. The Hall–Kier alpha value is -2.93. The summed E-state index contributed by atoms with van der Waals surface area (Å²) in [7, 11) is 0. The van der Waals surface area contributed by atoms with Crippen molar-refractivity contribution in [3.63, 3.8) is 0 Å². The smallest absolute Gasteiger partial charge is 0.354 e. The van der Waals surface area contributed by atoms with Crippen LogP contribution in [0.5, 0.6) is 0 Å². The molecule has 32 heavy (non-hydrogen) atoms. The van der Waals surface area contributed by atoms with Gasteiger partial charge in [0.05, 0.1) is 11.3 Å². The highest BCUT2D eigenvalue weighted by Gasteiger charge is 2.40. The summed E-state index contributed by atoms with van der Waals surface area (Å²) in [5.41, 5.74) is 4.03. The summed E-state index contributed by atoms with van der Waals surface area (Å²) in [4.78, 5) is 18.7. The van der Waals surface area contributed by atoms with E-state index in [0.29, 0.717) is 17.1 Å². The molecule has 1 spiro atoms. The molecule has 7 nitrogen and oxygen atoms in total. The van der Waals surface area contributed by atoms with Crippen molar-refractivity contribution in [2.24, 2.45) is 11.3 Å². The summed E-state index contributed by atoms with van der Waals surface area (Å²) in [5, 5.41) is 22.0. The van der Waals surface area contributed by atoms with Gasteiger partial charge in [0.25, 0.3) is 0 Å². The van der Waals surface area contributed by atoms with Gasteiger partial charge in [0.15, 0.2) is 5.69 Å². The summed E-state index contributed by atoms with van der Waals surface area (Å²) >= 11 is 0. The number of pyridine rings is 1. The standard InChI is InChI=1S/C25H32N4O3/c1-16(2)22(26)21-20(29-10-7-25(15-29)8-11-32-12-9-25)14-19(24(30)31)28-23(21)27-18-6-4-5-17(3)13-18/h4-6,13-14,16,26H,7-12,15H2,1-3H3,(H,27,28)(H,30,31). The second kappa shape index (κ2) is 8.90. The van der Waals surface area contributed by atoms with Crippen LogP contribution in [0.25, 0.3) is 0 Å². The molecule has 0 bridgehead atoms. The van der Waals surface area contributed by atoms with Crippen LogP contribution in [-0.2, 0) is 4.74 Å². The quantitative estimate of drug-likeness (QED) is 0.559. The lowest BCUT2D eigenvalue weighted by atomic mass is 9.80. The van der Waals surface area contributed by atoms with Crippen molar-refractivity contribution in [1.82, 2.24) is 4.98 Å². The van der Waals surface area contributed by atoms with E-state index in [0.717, 1.165) is 62.5 Å². The number of nitrogens with one attached hydrogen (secondary N) is 2. The molecule has 0 unspecified atom stereocenters. The highest BCUT2D eigenvalue weighted by Crippen LogP contribution is 2.43. The second-order valence-electron chi connectivity index (χ2n) is 9.40. The van der Waals surface area contributed by atoms with Crippen LogP contribution >= 0.6 is 0 Å². The van der Waals surface area contributed by atoms with Crippen LogP contribution in [0.15, 0.2) is 30.3 Å². The predicted molar refractivity (Wildman–Crippen MR) is 127 cm³/mol. The van der Waals surface area contributed by atoms with Gasteiger partial charge >= 0.3 is 5.97 Å². The number of ether oxygens (including phenoxy) is 1. The van der Waals surface area contributed by atoms with Crippen molar-refractivity contribution in [2.75, 3.05) is 36.5 Å². The Balaban J connectivity index is 1.81. The Labute approximate surface area is 189 Å². The fourth-order valence-electron chi connectivity index (χ4n) is 4.75. The average Bonchev–Trinajstić information content (AvgIpc) is 3.16. The van der Waals surface area contributed by atoms with Crippen molar-refractivity contribution in [1.29, 1.82) is 5.41 Å². The Bertz CT molecular complexity index is 1030. The first-order valence-corrected chi connectivity index (χ1v) is 11.3. The molecule has 2 aromatic rings. The first-order chi connectivity index (χ1) is 15.3. The fraction of sp³-hybridized carbons (Fsp3) is 0.480. The molecular formula is C25H32N4O3. The van der Waals surface area contributed by atoms with Gasteiger partial charge in [-0.15, -0.1) is 0 Å². The lowest BCUT2D eigenvalue weighted by Gasteiger charge is -2.34. The van der Waals surface area contributed by atoms with Gasteiger partial charge in [-0.25, -0.2) is 9.78 Å². The van der Waals surface area contributed by atoms with Gasteiger partial charge in [-0.1, -0.05) is 26.0 Å². The average molecular weight is 437 g/mol. The van der Waals surface area contributed by atoms with Crippen LogP contribution in [0.3, 0.4) is 0 Å². The molecule has 2 fully saturated rings. The number of aromatic carboxylic acids is 1. The molecule has 3 heterocycles. The SMILES string of the molecule is Cc1cccc(Nc2nc(C(=O)O)cc(N3CCC4(CCOCC4)C3)c2C(=N)C(C)C)c1. The fourth-order valence-corrected chi connectivity index (χ4v) is 4.75. The number of aryl methyl sites for hydroxylation is 1. The number of carboxylic acid groups (broad SMARTS) is 1. The Morgan fingerprint density at radius 3 is 2.66 bits per heavy atom. The molecule has 1 aromatic carbocycles. The minimum absolute atomic E-state index is 0.0108. The molecular weight excluding hydrogens is 404 g/mol. The third-order valence-electron chi connectivity index (χ3n) is 6.68. The molecule has 2 aliphatic heterocycles. The molecule has 0 aliphatic carbocycles. The van der Waals surface area contributed by atoms with E-state index in [1.807, 2.05) is 45.0 Å². The lowest BCUT2D eigenvalue weighted by Crippen LogP contribution is -2.33. The van der Waals surface area contributed by atoms with E-state index in [1.54, 1.807) is 6.07 Å². The summed E-state index contributed by atoms with van der Waals surface area (Å²) in [6.07, 6.45) is 3.09. The van der Waals surface area contributed by atoms with Crippen molar-refractivity contribution in [3.8, 4) is 0 Å². The number of rotatable bonds is 6. The number of hydrogen-bond acceptors (Lipinski definition) is 6. The molecule has 2 aliphatic rings. The molecule has 0 saturated carbocycles. The number of carboxylic acids is 1. The number of benzene rings is 1. The summed E-state index contributed by atoms with van der Waals surface area (Å²) < 4.78 is 5.59. The normalized spacial score (nSPS) is 17.7. The predicted octanol–water partition coefficient (Wildman–Crippen LogP) is 4.86. The van der Waals surface area contributed by atoms with Crippen LogP contribution in [0.4, 0.5) is 17.2 Å². The topological polar surface area (TPSA) is 98.5 Å². The van der Waals surface area contributed by atoms with Crippen molar-refractivity contribution < 1.29 is 14.6 Å². The number of nitrogens with zero attached hydrogens (tertiary/aromatic N) is 2. The van der Waals surface area contributed by atoms with Crippen LogP contribution in [-0.4, -0.2) is 48.1 Å². The third kappa shape index (κ3) is 4.48. The molecule has 0 atom stereocenters. The molecule has 1 aromatic heterocycles. The lowest BCUT2D eigenvalue weighted by molar-refractivity contribution is 0.0254. The minimum atomic E-state index is -1.07. The van der Waals surface area contributed by atoms with Crippen LogP contribution in [0.2, 0.25) is 0 Å². The summed E-state index contributed by atoms with van der Waals surface area (Å²) in [6, 6.07) is 9.52. The maximum atomic E-state index is 12.0. The van der Waals surface area contributed by atoms with E-state index in [4.69, 9.17) is 10.1 Å². The van der Waals surface area contributed by atoms with E-state index < -0.39 is 5.97 Å². The first-order valence-electron chi connectivity index (χ1n) is 11.3. The van der Waals surface area contributed by atoms with Gasteiger partial charge in [0.1, 0.15) is 5.82 Å². The largest absolute Gasteiger partial charge is 0.477 e. The highest BCUT2D eigenvalue weighted by atomic mass is 16.5. The van der Waals surface area contributed by atoms with E-state index in [1.165, 1.54) is 0 Å². The number of aromatic nitrogens is 1. The van der Waals surface area contributed by atoms with Gasteiger partial charge in [-0.2, -0.15) is 0 Å². The Morgan fingerprint density at radius 1 is 1.25 bits per heavy atom. The summed E-state index contributed by atoms with van der Waals surface area (Å²) in [6.45, 7) is 9.22. The zero-order chi connectivity index (χ0) is 22.9. The molecule has 4 rings (SSSR count). The van der Waals surface area contributed by atoms with E-state index in [2.05, 4.69) is 15.2 Å². The maximum absolute atomic E-state index is 12.0. The molecule has 170 valence electrons. The van der Waals surface area contributed by atoms with Gasteiger partial charge in [0.2, 0.25) is 0 Å². The van der Waals surface area contributed by atoms with Crippen molar-refractivity contribution >= 4 is 28.9 Å². The third-order valence-corrected chi connectivity index (χ3v) is 6.68. The van der Waals surface area contributed by atoms with E-state index >= 15 is 0 Å². The molecule has 2 saturated heterocycles. The van der Waals surface area contributed by atoms with Crippen molar-refractivity contribution in [2.45, 2.75) is 40.0 Å². The van der Waals surface area contributed by atoms with Gasteiger partial charge in [0, 0.05) is 37.7 Å². The number of anilines is 3. The van der Waals surface area contributed by atoms with Gasteiger partial charge in [-0.3, -0.25) is 0 Å². The molecule has 0 amide bonds. The maximum Gasteiger partial charge on any atom is 0.354 e. The van der Waals surface area contributed by atoms with Crippen LogP contribution < -0.4 is 10.2 Å². The van der Waals surface area contributed by atoms with Crippen molar-refractivity contribution in [3.05, 3.63) is 47.2 Å². The Morgan fingerprint density at radius 2 is 2.00 bits per heavy atom. The van der Waals surface area contributed by atoms with Crippen LogP contribution in [0.1, 0.15) is 54.7 Å². The first kappa shape index (κ1) is 22.3. The molecule has 0 radical (unpaired) electrons. The van der Waals surface area contributed by atoms with Gasteiger partial charge < -0.3 is 25.5 Å². The molecule has 7 heteroatoms. The van der Waals surface area contributed by atoms with Crippen LogP contribution in [0, 0.1) is 23.7 Å². The summed E-state index contributed by atoms with van der Waals surface area (Å²) in [5.74, 6) is -0.665. The monoisotopic (exact) mass is 436 g/mol. The van der Waals surface area contributed by atoms with E-state index in [-0.39, 0.29) is 17.0 Å². The molecule has 3 N–H and O–H groups in total.